The number of rotatable bonds is 2. The predicted octanol–water partition coefficient (Wildman–Crippen LogP) is 2.97. The summed E-state index contributed by atoms with van der Waals surface area (Å²) in [7, 11) is 0. The Morgan fingerprint density at radius 3 is 2.17 bits per heavy atom. The number of ether oxygens (including phenoxy) is 1. The third kappa shape index (κ3) is 1.97. The molecule has 1 heterocycles. The van der Waals surface area contributed by atoms with Crippen molar-refractivity contribution < 1.29 is 13.5 Å². The molecule has 2 aliphatic carbocycles. The Kier molecular flexibility index (Phi) is 3.14. The fraction of sp³-hybridized carbons (Fsp3) is 1.00. The summed E-state index contributed by atoms with van der Waals surface area (Å²) >= 11 is 0. The molecule has 0 atom stereocenters. The second kappa shape index (κ2) is 4.41. The van der Waals surface area contributed by atoms with Gasteiger partial charge in [-0.25, -0.2) is 0 Å². The minimum atomic E-state index is -0.760. The van der Waals surface area contributed by atoms with E-state index in [1.165, 1.54) is 32.1 Å². The molecule has 0 amide bonds. The van der Waals surface area contributed by atoms with Gasteiger partial charge < -0.3 is 4.74 Å². The van der Waals surface area contributed by atoms with Gasteiger partial charge in [-0.1, -0.05) is 19.3 Å². The highest BCUT2D eigenvalue weighted by molar-refractivity contribution is 5.07. The van der Waals surface area contributed by atoms with E-state index in [4.69, 9.17) is 4.74 Å². The first-order valence-corrected chi connectivity index (χ1v) is 7.17. The van der Waals surface area contributed by atoms with Crippen molar-refractivity contribution in [2.45, 2.75) is 50.7 Å². The van der Waals surface area contributed by atoms with Crippen molar-refractivity contribution in [3.05, 3.63) is 0 Å². The molecule has 1 N–H and O–H groups in total. The van der Waals surface area contributed by atoms with Crippen LogP contribution in [0.2, 0.25) is 0 Å². The van der Waals surface area contributed by atoms with Crippen LogP contribution in [0.1, 0.15) is 44.9 Å². The molecule has 3 rings (SSSR count). The van der Waals surface area contributed by atoms with Gasteiger partial charge in [0.25, 0.3) is 0 Å². The highest BCUT2D eigenvalue weighted by atomic mass is 19.1. The van der Waals surface area contributed by atoms with E-state index in [0.29, 0.717) is 18.3 Å². The zero-order chi connectivity index (χ0) is 12.7. The lowest BCUT2D eigenvalue weighted by atomic mass is 9.62. The van der Waals surface area contributed by atoms with E-state index < -0.39 is 24.5 Å². The summed E-state index contributed by atoms with van der Waals surface area (Å²) in [6, 6.07) is 0. The van der Waals surface area contributed by atoms with E-state index in [1.54, 1.807) is 0 Å². The Morgan fingerprint density at radius 1 is 1.00 bits per heavy atom. The smallest absolute Gasteiger partial charge is 0.120 e. The second-order valence-electron chi connectivity index (χ2n) is 6.82. The molecule has 0 aromatic rings. The molecule has 3 aliphatic rings. The van der Waals surface area contributed by atoms with Gasteiger partial charge in [0, 0.05) is 30.2 Å². The van der Waals surface area contributed by atoms with Crippen LogP contribution < -0.4 is 5.32 Å². The van der Waals surface area contributed by atoms with Crippen molar-refractivity contribution in [3.63, 3.8) is 0 Å². The van der Waals surface area contributed by atoms with Crippen LogP contribution in [0, 0.1) is 10.8 Å². The summed E-state index contributed by atoms with van der Waals surface area (Å²) in [6.45, 7) is 0.596. The standard InChI is InChI=1S/C14H23F2NO/c15-8-13(9-16)6-14(7-13)17-10-12(11-18-14)4-2-1-3-5-12/h17H,1-11H2. The monoisotopic (exact) mass is 259 g/mol. The Hall–Kier alpha value is -0.220. The van der Waals surface area contributed by atoms with E-state index in [0.717, 1.165) is 13.2 Å². The molecule has 0 aromatic heterocycles. The van der Waals surface area contributed by atoms with E-state index in [2.05, 4.69) is 5.32 Å². The number of hydrogen-bond acceptors (Lipinski definition) is 2. The van der Waals surface area contributed by atoms with Crippen molar-refractivity contribution in [2.24, 2.45) is 10.8 Å². The fourth-order valence-electron chi connectivity index (χ4n) is 3.98. The van der Waals surface area contributed by atoms with Crippen LogP contribution in [0.25, 0.3) is 0 Å². The molecule has 0 unspecified atom stereocenters. The highest BCUT2D eigenvalue weighted by Crippen LogP contribution is 2.53. The summed E-state index contributed by atoms with van der Waals surface area (Å²) in [4.78, 5) is 0. The lowest BCUT2D eigenvalue weighted by Gasteiger charge is -2.59. The largest absolute Gasteiger partial charge is 0.360 e. The molecule has 0 radical (unpaired) electrons. The maximum atomic E-state index is 12.9. The van der Waals surface area contributed by atoms with Gasteiger partial charge in [-0.05, 0) is 12.8 Å². The zero-order valence-corrected chi connectivity index (χ0v) is 10.9. The van der Waals surface area contributed by atoms with E-state index in [1.807, 2.05) is 0 Å². The normalized spacial score (nSPS) is 32.3. The maximum Gasteiger partial charge on any atom is 0.120 e. The van der Waals surface area contributed by atoms with E-state index >= 15 is 0 Å². The van der Waals surface area contributed by atoms with Crippen molar-refractivity contribution >= 4 is 0 Å². The van der Waals surface area contributed by atoms with E-state index in [9.17, 15) is 8.78 Å². The first-order valence-electron chi connectivity index (χ1n) is 7.17. The molecule has 4 heteroatoms. The highest BCUT2D eigenvalue weighted by Gasteiger charge is 2.58. The summed E-state index contributed by atoms with van der Waals surface area (Å²) in [5.41, 5.74) is -0.877. The van der Waals surface area contributed by atoms with Crippen LogP contribution in [0.3, 0.4) is 0 Å². The zero-order valence-electron chi connectivity index (χ0n) is 10.9. The summed E-state index contributed by atoms with van der Waals surface area (Å²) in [6.07, 6.45) is 7.35. The molecule has 1 aliphatic heterocycles. The topological polar surface area (TPSA) is 21.3 Å². The van der Waals surface area contributed by atoms with Crippen LogP contribution in [0.4, 0.5) is 8.78 Å². The minimum absolute atomic E-state index is 0.299. The predicted molar refractivity (Wildman–Crippen MR) is 65.8 cm³/mol. The Labute approximate surface area is 107 Å². The third-order valence-electron chi connectivity index (χ3n) is 5.24. The molecular weight excluding hydrogens is 236 g/mol. The van der Waals surface area contributed by atoms with Crippen LogP contribution in [-0.4, -0.2) is 32.2 Å². The molecule has 0 bridgehead atoms. The van der Waals surface area contributed by atoms with Crippen molar-refractivity contribution in [2.75, 3.05) is 26.5 Å². The lowest BCUT2D eigenvalue weighted by molar-refractivity contribution is -0.241. The van der Waals surface area contributed by atoms with Crippen molar-refractivity contribution in [1.29, 1.82) is 0 Å². The number of hydrogen-bond donors (Lipinski definition) is 1. The average Bonchev–Trinajstić information content (AvgIpc) is 2.39. The SMILES string of the molecule is FCC1(CF)CC2(C1)NCC1(CCCCC1)CO2. The summed E-state index contributed by atoms with van der Waals surface area (Å²) in [5, 5.41) is 3.46. The number of alkyl halides is 2. The van der Waals surface area contributed by atoms with E-state index in [-0.39, 0.29) is 0 Å². The molecule has 18 heavy (non-hydrogen) atoms. The molecule has 1 saturated heterocycles. The third-order valence-corrected chi connectivity index (χ3v) is 5.24. The van der Waals surface area contributed by atoms with Gasteiger partial charge in [-0.2, -0.15) is 0 Å². The molecule has 3 fully saturated rings. The molecular formula is C14H23F2NO. The second-order valence-corrected chi connectivity index (χ2v) is 6.82. The quantitative estimate of drug-likeness (QED) is 0.823. The molecule has 2 nitrogen and oxygen atoms in total. The van der Waals surface area contributed by atoms with Gasteiger partial charge >= 0.3 is 0 Å². The molecule has 104 valence electrons. The Balaban J connectivity index is 1.58. The number of nitrogens with one attached hydrogen (secondary N) is 1. The molecule has 0 aromatic carbocycles. The van der Waals surface area contributed by atoms with Crippen LogP contribution >= 0.6 is 0 Å². The Morgan fingerprint density at radius 2 is 1.67 bits per heavy atom. The number of halogens is 2. The Bertz CT molecular complexity index is 291. The van der Waals surface area contributed by atoms with Gasteiger partial charge in [0.05, 0.1) is 20.0 Å². The van der Waals surface area contributed by atoms with Gasteiger partial charge in [-0.15, -0.1) is 0 Å². The molecule has 2 saturated carbocycles. The van der Waals surface area contributed by atoms with Gasteiger partial charge in [0.2, 0.25) is 0 Å². The lowest BCUT2D eigenvalue weighted by Crippen LogP contribution is -2.69. The summed E-state index contributed by atoms with van der Waals surface area (Å²) in [5.74, 6) is 0. The van der Waals surface area contributed by atoms with Gasteiger partial charge in [-0.3, -0.25) is 14.1 Å². The van der Waals surface area contributed by atoms with Gasteiger partial charge in [0.15, 0.2) is 0 Å². The average molecular weight is 259 g/mol. The van der Waals surface area contributed by atoms with Crippen LogP contribution in [0.5, 0.6) is 0 Å². The van der Waals surface area contributed by atoms with Gasteiger partial charge in [0.1, 0.15) is 5.72 Å². The van der Waals surface area contributed by atoms with Crippen LogP contribution in [-0.2, 0) is 4.74 Å². The molecule has 2 spiro atoms. The maximum absolute atomic E-state index is 12.9. The minimum Gasteiger partial charge on any atom is -0.360 e. The first kappa shape index (κ1) is 12.8. The first-order chi connectivity index (χ1) is 8.66. The van der Waals surface area contributed by atoms with Crippen molar-refractivity contribution in [3.8, 4) is 0 Å². The van der Waals surface area contributed by atoms with Crippen LogP contribution in [0.15, 0.2) is 0 Å². The fourth-order valence-corrected chi connectivity index (χ4v) is 3.98. The van der Waals surface area contributed by atoms with Crippen molar-refractivity contribution in [1.82, 2.24) is 5.32 Å². The summed E-state index contributed by atoms with van der Waals surface area (Å²) < 4.78 is 31.7.